The van der Waals surface area contributed by atoms with Gasteiger partial charge in [0.2, 0.25) is 0 Å². The van der Waals surface area contributed by atoms with Crippen LogP contribution in [0.1, 0.15) is 16.8 Å². The first-order chi connectivity index (χ1) is 15.9. The second-order valence-electron chi connectivity index (χ2n) is 7.22. The molecular formula is C22H19Cl2F2NO6S. The van der Waals surface area contributed by atoms with Crippen molar-refractivity contribution < 1.29 is 36.2 Å². The number of rotatable bonds is 8. The number of fused-ring (bicyclic) bond motifs is 1. The van der Waals surface area contributed by atoms with E-state index in [4.69, 9.17) is 32.7 Å². The third kappa shape index (κ3) is 5.68. The average molecular weight is 534 g/mol. The van der Waals surface area contributed by atoms with Crippen molar-refractivity contribution in [1.29, 1.82) is 0 Å². The van der Waals surface area contributed by atoms with Crippen LogP contribution >= 0.6 is 23.2 Å². The summed E-state index contributed by atoms with van der Waals surface area (Å²) in [5.41, 5.74) is 1.18. The summed E-state index contributed by atoms with van der Waals surface area (Å²) in [6, 6.07) is 7.00. The smallest absolute Gasteiger partial charge is 0.387 e. The molecule has 0 N–H and O–H groups in total. The summed E-state index contributed by atoms with van der Waals surface area (Å²) in [5, 5.41) is 0.324. The molecule has 2 aromatic carbocycles. The molecule has 0 bridgehead atoms. The quantitative estimate of drug-likeness (QED) is 0.376. The van der Waals surface area contributed by atoms with Gasteiger partial charge in [-0.3, -0.25) is 4.98 Å². The first-order valence-electron chi connectivity index (χ1n) is 9.67. The normalized spacial score (nSPS) is 11.6. The first kappa shape index (κ1) is 25.9. The Labute approximate surface area is 204 Å². The van der Waals surface area contributed by atoms with Crippen LogP contribution in [0.2, 0.25) is 10.0 Å². The number of hydrogen-bond acceptors (Lipinski definition) is 7. The molecule has 0 aliphatic rings. The van der Waals surface area contributed by atoms with Crippen molar-refractivity contribution in [3.05, 3.63) is 57.2 Å². The fourth-order valence-corrected chi connectivity index (χ4v) is 4.42. The second-order valence-corrected chi connectivity index (χ2v) is 10.0. The molecule has 3 aromatic rings. The summed E-state index contributed by atoms with van der Waals surface area (Å²) < 4.78 is 65.5. The highest BCUT2D eigenvalue weighted by atomic mass is 35.5. The Kier molecular flexibility index (Phi) is 7.84. The first-order valence-corrected chi connectivity index (χ1v) is 12.3. The molecule has 0 atom stereocenters. The number of halogens is 4. The van der Waals surface area contributed by atoms with Crippen LogP contribution in [0.4, 0.5) is 8.78 Å². The Balaban J connectivity index is 2.21. The summed E-state index contributed by atoms with van der Waals surface area (Å²) in [6.45, 7) is -2.09. The summed E-state index contributed by atoms with van der Waals surface area (Å²) >= 11 is 12.6. The highest BCUT2D eigenvalue weighted by Gasteiger charge is 2.24. The van der Waals surface area contributed by atoms with E-state index < -0.39 is 29.0 Å². The van der Waals surface area contributed by atoms with Gasteiger partial charge in [0.05, 0.1) is 27.9 Å². The molecule has 7 nitrogen and oxygen atoms in total. The van der Waals surface area contributed by atoms with E-state index in [2.05, 4.69) is 9.72 Å². The molecular weight excluding hydrogens is 515 g/mol. The van der Waals surface area contributed by atoms with Crippen LogP contribution in [0.5, 0.6) is 11.5 Å². The summed E-state index contributed by atoms with van der Waals surface area (Å²) in [5.74, 6) is -0.895. The number of hydrogen-bond donors (Lipinski definition) is 0. The number of nitrogens with zero attached hydrogens (tertiary/aromatic N) is 1. The molecule has 1 heterocycles. The molecule has 0 saturated heterocycles. The fourth-order valence-electron chi connectivity index (χ4n) is 3.26. The highest BCUT2D eigenvalue weighted by Crippen LogP contribution is 2.42. The van der Waals surface area contributed by atoms with Crippen molar-refractivity contribution in [2.24, 2.45) is 0 Å². The lowest BCUT2D eigenvalue weighted by atomic mass is 9.99. The zero-order chi connectivity index (χ0) is 25.2. The van der Waals surface area contributed by atoms with Crippen molar-refractivity contribution in [3.63, 3.8) is 0 Å². The SMILES string of the molecule is COC(=O)COc1ccc(Cl)c2nc(C)c(Cc3ccc(S(C)(=O)=O)cc3Cl)c(OC(F)F)c12. The number of carbonyl (C=O) groups excluding carboxylic acids is 1. The number of aromatic nitrogens is 1. The molecule has 0 radical (unpaired) electrons. The van der Waals surface area contributed by atoms with Crippen molar-refractivity contribution in [2.45, 2.75) is 24.9 Å². The molecule has 0 spiro atoms. The van der Waals surface area contributed by atoms with Gasteiger partial charge in [-0.2, -0.15) is 8.78 Å². The van der Waals surface area contributed by atoms with Gasteiger partial charge in [0.1, 0.15) is 11.5 Å². The second kappa shape index (κ2) is 10.3. The summed E-state index contributed by atoms with van der Waals surface area (Å²) in [6.07, 6.45) is 1.03. The molecule has 0 saturated carbocycles. The summed E-state index contributed by atoms with van der Waals surface area (Å²) in [4.78, 5) is 16.0. The largest absolute Gasteiger partial charge is 0.481 e. The number of methoxy groups -OCH3 is 1. The Morgan fingerprint density at radius 2 is 1.85 bits per heavy atom. The van der Waals surface area contributed by atoms with Crippen molar-refractivity contribution in [2.75, 3.05) is 20.0 Å². The number of benzene rings is 2. The minimum absolute atomic E-state index is 0.0113. The lowest BCUT2D eigenvalue weighted by molar-refractivity contribution is -0.142. The Morgan fingerprint density at radius 3 is 2.44 bits per heavy atom. The number of ether oxygens (including phenoxy) is 3. The zero-order valence-electron chi connectivity index (χ0n) is 18.2. The highest BCUT2D eigenvalue weighted by molar-refractivity contribution is 7.90. The maximum atomic E-state index is 13.5. The summed E-state index contributed by atoms with van der Waals surface area (Å²) in [7, 11) is -2.31. The van der Waals surface area contributed by atoms with Gasteiger partial charge in [0.25, 0.3) is 0 Å². The minimum Gasteiger partial charge on any atom is -0.481 e. The number of aryl methyl sites for hydroxylation is 1. The predicted octanol–water partition coefficient (Wildman–Crippen LogP) is 5.00. The Morgan fingerprint density at radius 1 is 1.15 bits per heavy atom. The number of pyridine rings is 1. The van der Waals surface area contributed by atoms with E-state index in [-0.39, 0.29) is 49.3 Å². The van der Waals surface area contributed by atoms with Gasteiger partial charge in [-0.1, -0.05) is 29.3 Å². The predicted molar refractivity (Wildman–Crippen MR) is 123 cm³/mol. The van der Waals surface area contributed by atoms with E-state index in [0.717, 1.165) is 6.26 Å². The van der Waals surface area contributed by atoms with Crippen LogP contribution in [0.25, 0.3) is 10.9 Å². The van der Waals surface area contributed by atoms with Crippen LogP contribution in [-0.2, 0) is 25.8 Å². The zero-order valence-corrected chi connectivity index (χ0v) is 20.5. The molecule has 182 valence electrons. The average Bonchev–Trinajstić information content (AvgIpc) is 2.75. The molecule has 0 aliphatic heterocycles. The third-order valence-corrected chi connectivity index (χ3v) is 6.67. The lowest BCUT2D eigenvalue weighted by Crippen LogP contribution is -2.14. The molecule has 0 unspecified atom stereocenters. The van der Waals surface area contributed by atoms with Crippen LogP contribution in [-0.4, -0.2) is 46.0 Å². The lowest BCUT2D eigenvalue weighted by Gasteiger charge is -2.19. The van der Waals surface area contributed by atoms with Gasteiger partial charge in [-0.15, -0.1) is 0 Å². The van der Waals surface area contributed by atoms with E-state index in [1.807, 2.05) is 0 Å². The molecule has 3 rings (SSSR count). The number of esters is 1. The molecule has 1 aromatic heterocycles. The number of carbonyl (C=O) groups is 1. The van der Waals surface area contributed by atoms with Gasteiger partial charge in [-0.25, -0.2) is 13.2 Å². The van der Waals surface area contributed by atoms with E-state index in [0.29, 0.717) is 11.3 Å². The molecule has 12 heteroatoms. The Hall–Kier alpha value is -2.69. The maximum absolute atomic E-state index is 13.5. The van der Waals surface area contributed by atoms with Gasteiger partial charge < -0.3 is 14.2 Å². The topological polar surface area (TPSA) is 91.8 Å². The van der Waals surface area contributed by atoms with Crippen molar-refractivity contribution in [3.8, 4) is 11.5 Å². The van der Waals surface area contributed by atoms with E-state index in [1.54, 1.807) is 6.92 Å². The van der Waals surface area contributed by atoms with E-state index in [9.17, 15) is 22.0 Å². The van der Waals surface area contributed by atoms with Gasteiger partial charge in [-0.05, 0) is 36.8 Å². The van der Waals surface area contributed by atoms with Gasteiger partial charge in [0, 0.05) is 29.0 Å². The number of sulfone groups is 1. The van der Waals surface area contributed by atoms with E-state index in [1.165, 1.54) is 37.4 Å². The Bertz CT molecular complexity index is 1370. The van der Waals surface area contributed by atoms with Crippen LogP contribution in [0, 0.1) is 6.92 Å². The molecule has 0 fully saturated rings. The molecule has 34 heavy (non-hydrogen) atoms. The standard InChI is InChI=1S/C22H19Cl2F2NO6S/c1-11-14(8-12-4-5-13(9-16(12)24)34(3,29)30)21(33-22(25)26)19-17(32-10-18(28)31-2)7-6-15(23)20(19)27-11/h4-7,9,22H,8,10H2,1-3H3. The van der Waals surface area contributed by atoms with Gasteiger partial charge in [0.15, 0.2) is 16.4 Å². The maximum Gasteiger partial charge on any atom is 0.387 e. The van der Waals surface area contributed by atoms with Crippen LogP contribution in [0.3, 0.4) is 0 Å². The molecule has 0 amide bonds. The van der Waals surface area contributed by atoms with Crippen molar-refractivity contribution in [1.82, 2.24) is 4.98 Å². The van der Waals surface area contributed by atoms with Crippen molar-refractivity contribution >= 4 is 49.9 Å². The molecule has 0 aliphatic carbocycles. The van der Waals surface area contributed by atoms with Crippen LogP contribution < -0.4 is 9.47 Å². The third-order valence-electron chi connectivity index (χ3n) is 4.91. The monoisotopic (exact) mass is 533 g/mol. The van der Waals surface area contributed by atoms with Gasteiger partial charge >= 0.3 is 12.6 Å². The van der Waals surface area contributed by atoms with E-state index >= 15 is 0 Å². The fraction of sp³-hybridized carbons (Fsp3) is 0.273. The minimum atomic E-state index is -3.49. The number of alkyl halides is 2. The van der Waals surface area contributed by atoms with Crippen LogP contribution in [0.15, 0.2) is 35.2 Å².